The predicted octanol–water partition coefficient (Wildman–Crippen LogP) is 4.91. The SMILES string of the molecule is O=C(P)c1cc(Br)ccc1-c1ccc(Br)cc1C(=O)P. The van der Waals surface area contributed by atoms with Crippen molar-refractivity contribution in [3.8, 4) is 11.1 Å². The number of carbonyl (C=O) groups excluding carboxylic acids is 2. The van der Waals surface area contributed by atoms with E-state index in [0.717, 1.165) is 20.1 Å². The molecule has 2 unspecified atom stereocenters. The van der Waals surface area contributed by atoms with Gasteiger partial charge in [-0.2, -0.15) is 0 Å². The molecule has 0 saturated heterocycles. The molecule has 0 aromatic heterocycles. The molecule has 6 heteroatoms. The molecule has 2 aromatic rings. The van der Waals surface area contributed by atoms with Gasteiger partial charge in [-0.1, -0.05) is 62.5 Å². The molecule has 2 aromatic carbocycles. The van der Waals surface area contributed by atoms with Crippen LogP contribution in [0.15, 0.2) is 45.3 Å². The monoisotopic (exact) mass is 430 g/mol. The number of hydrogen-bond acceptors (Lipinski definition) is 2. The van der Waals surface area contributed by atoms with Crippen LogP contribution in [0.2, 0.25) is 0 Å². The Balaban J connectivity index is 2.75. The first-order valence-electron chi connectivity index (χ1n) is 5.59. The van der Waals surface area contributed by atoms with Crippen molar-refractivity contribution in [2.75, 3.05) is 0 Å². The van der Waals surface area contributed by atoms with Gasteiger partial charge in [0.1, 0.15) is 0 Å². The first-order valence-corrected chi connectivity index (χ1v) is 8.33. The van der Waals surface area contributed by atoms with Gasteiger partial charge in [0.2, 0.25) is 0 Å². The lowest BCUT2D eigenvalue weighted by molar-refractivity contribution is 0.107. The normalized spacial score (nSPS) is 10.4. The van der Waals surface area contributed by atoms with Crippen LogP contribution in [0.1, 0.15) is 20.7 Å². The Kier molecular flexibility index (Phi) is 5.25. The second kappa shape index (κ2) is 6.58. The zero-order valence-corrected chi connectivity index (χ0v) is 15.7. The van der Waals surface area contributed by atoms with Crippen molar-refractivity contribution in [2.24, 2.45) is 0 Å². The van der Waals surface area contributed by atoms with Crippen molar-refractivity contribution in [2.45, 2.75) is 0 Å². The molecule has 0 bridgehead atoms. The van der Waals surface area contributed by atoms with E-state index < -0.39 is 0 Å². The number of rotatable bonds is 3. The lowest BCUT2D eigenvalue weighted by atomic mass is 9.96. The summed E-state index contributed by atoms with van der Waals surface area (Å²) < 4.78 is 1.64. The van der Waals surface area contributed by atoms with Gasteiger partial charge in [0.05, 0.1) is 0 Å². The van der Waals surface area contributed by atoms with Crippen LogP contribution in [-0.2, 0) is 0 Å². The van der Waals surface area contributed by atoms with E-state index in [2.05, 4.69) is 50.3 Å². The van der Waals surface area contributed by atoms with Crippen molar-refractivity contribution in [3.05, 3.63) is 56.5 Å². The highest BCUT2D eigenvalue weighted by atomic mass is 79.9. The Hall–Kier alpha value is -0.400. The van der Waals surface area contributed by atoms with Gasteiger partial charge in [-0.25, -0.2) is 0 Å². The Morgan fingerprint density at radius 1 is 0.750 bits per heavy atom. The minimum Gasteiger partial charge on any atom is -0.290 e. The molecule has 0 saturated carbocycles. The van der Waals surface area contributed by atoms with Gasteiger partial charge >= 0.3 is 0 Å². The van der Waals surface area contributed by atoms with Crippen molar-refractivity contribution >= 4 is 61.4 Å². The van der Waals surface area contributed by atoms with Crippen molar-refractivity contribution in [1.82, 2.24) is 0 Å². The smallest absolute Gasteiger partial charge is 0.178 e. The van der Waals surface area contributed by atoms with Gasteiger partial charge < -0.3 is 0 Å². The van der Waals surface area contributed by atoms with E-state index in [4.69, 9.17) is 0 Å². The van der Waals surface area contributed by atoms with Gasteiger partial charge in [0, 0.05) is 20.1 Å². The second-order valence-corrected chi connectivity index (χ2v) is 6.99. The first kappa shape index (κ1) is 16.0. The van der Waals surface area contributed by atoms with E-state index in [-0.39, 0.29) is 11.0 Å². The molecular formula is C14H10Br2O2P2. The maximum atomic E-state index is 11.8. The summed E-state index contributed by atoms with van der Waals surface area (Å²) in [5, 5.41) is 0. The van der Waals surface area contributed by atoms with Crippen LogP contribution >= 0.6 is 50.3 Å². The van der Waals surface area contributed by atoms with Crippen molar-refractivity contribution in [3.63, 3.8) is 0 Å². The van der Waals surface area contributed by atoms with Gasteiger partial charge in [0.25, 0.3) is 0 Å². The Bertz CT molecular complexity index is 653. The Labute approximate surface area is 138 Å². The molecule has 0 amide bonds. The van der Waals surface area contributed by atoms with Gasteiger partial charge in [-0.05, 0) is 35.4 Å². The van der Waals surface area contributed by atoms with Gasteiger partial charge in [0.15, 0.2) is 11.0 Å². The maximum Gasteiger partial charge on any atom is 0.178 e. The summed E-state index contributed by atoms with van der Waals surface area (Å²) in [5.41, 5.74) is 2.36. The second-order valence-electron chi connectivity index (χ2n) is 4.11. The highest BCUT2D eigenvalue weighted by Crippen LogP contribution is 2.33. The average molecular weight is 432 g/mol. The minimum atomic E-state index is -0.119. The highest BCUT2D eigenvalue weighted by molar-refractivity contribution is 9.10. The zero-order chi connectivity index (χ0) is 14.9. The van der Waals surface area contributed by atoms with E-state index in [0.29, 0.717) is 11.1 Å². The molecule has 102 valence electrons. The first-order chi connectivity index (χ1) is 9.40. The summed E-state index contributed by atoms with van der Waals surface area (Å²) >= 11 is 6.71. The molecule has 20 heavy (non-hydrogen) atoms. The minimum absolute atomic E-state index is 0.119. The third kappa shape index (κ3) is 3.43. The fraction of sp³-hybridized carbons (Fsp3) is 0. The van der Waals surface area contributed by atoms with Crippen LogP contribution in [0.25, 0.3) is 11.1 Å². The lowest BCUT2D eigenvalue weighted by Crippen LogP contribution is -1.98. The molecule has 0 spiro atoms. The fourth-order valence-electron chi connectivity index (χ4n) is 1.91. The molecule has 0 aliphatic carbocycles. The van der Waals surface area contributed by atoms with E-state index in [9.17, 15) is 9.59 Å². The van der Waals surface area contributed by atoms with Crippen LogP contribution in [0.5, 0.6) is 0 Å². The molecule has 2 nitrogen and oxygen atoms in total. The number of halogens is 2. The molecule has 0 aliphatic rings. The molecule has 0 N–H and O–H groups in total. The van der Waals surface area contributed by atoms with Gasteiger partial charge in [-0.3, -0.25) is 9.59 Å². The Morgan fingerprint density at radius 2 is 1.10 bits per heavy atom. The van der Waals surface area contributed by atoms with E-state index in [1.165, 1.54) is 0 Å². The summed E-state index contributed by atoms with van der Waals surface area (Å²) in [7, 11) is 4.34. The van der Waals surface area contributed by atoms with Crippen LogP contribution in [-0.4, -0.2) is 11.0 Å². The predicted molar refractivity (Wildman–Crippen MR) is 95.4 cm³/mol. The third-order valence-corrected chi connectivity index (χ3v) is 4.39. The molecule has 0 radical (unpaired) electrons. The lowest BCUT2D eigenvalue weighted by Gasteiger charge is -2.12. The largest absolute Gasteiger partial charge is 0.290 e. The fourth-order valence-corrected chi connectivity index (χ4v) is 3.11. The summed E-state index contributed by atoms with van der Waals surface area (Å²) in [6.07, 6.45) is 0. The van der Waals surface area contributed by atoms with Crippen LogP contribution in [0.4, 0.5) is 0 Å². The highest BCUT2D eigenvalue weighted by Gasteiger charge is 2.15. The van der Waals surface area contributed by atoms with Crippen LogP contribution in [0, 0.1) is 0 Å². The van der Waals surface area contributed by atoms with Crippen LogP contribution < -0.4 is 0 Å². The standard InChI is InChI=1S/C14H10Br2O2P2/c15-7-1-3-9(11(5-7)13(17)19)10-4-2-8(16)6-12(10)14(18)20/h1-6H,19-20H2. The van der Waals surface area contributed by atoms with E-state index in [1.54, 1.807) is 12.1 Å². The van der Waals surface area contributed by atoms with E-state index in [1.807, 2.05) is 24.3 Å². The van der Waals surface area contributed by atoms with Gasteiger partial charge in [-0.15, -0.1) is 0 Å². The molecule has 0 aliphatic heterocycles. The van der Waals surface area contributed by atoms with Crippen molar-refractivity contribution < 1.29 is 9.59 Å². The molecule has 0 heterocycles. The number of carbonyl (C=O) groups is 2. The quantitative estimate of drug-likeness (QED) is 0.647. The molecular weight excluding hydrogens is 422 g/mol. The number of hydrogen-bond donors (Lipinski definition) is 0. The van der Waals surface area contributed by atoms with E-state index >= 15 is 0 Å². The summed E-state index contributed by atoms with van der Waals surface area (Å²) in [5.74, 6) is 0. The van der Waals surface area contributed by atoms with Crippen LogP contribution in [0.3, 0.4) is 0 Å². The summed E-state index contributed by atoms with van der Waals surface area (Å²) in [4.78, 5) is 23.6. The average Bonchev–Trinajstić information content (AvgIpc) is 2.38. The Morgan fingerprint density at radius 3 is 1.40 bits per heavy atom. The summed E-state index contributed by atoms with van der Waals surface area (Å²) in [6.45, 7) is 0. The topological polar surface area (TPSA) is 34.1 Å². The summed E-state index contributed by atoms with van der Waals surface area (Å²) in [6, 6.07) is 10.9. The third-order valence-electron chi connectivity index (χ3n) is 2.78. The molecule has 2 atom stereocenters. The van der Waals surface area contributed by atoms with Crippen molar-refractivity contribution in [1.29, 1.82) is 0 Å². The zero-order valence-electron chi connectivity index (χ0n) is 10.2. The number of benzene rings is 2. The molecule has 0 fully saturated rings. The molecule has 2 rings (SSSR count). The maximum absolute atomic E-state index is 11.8.